The van der Waals surface area contributed by atoms with E-state index in [1.807, 2.05) is 6.92 Å². The monoisotopic (exact) mass is 519 g/mol. The highest BCUT2D eigenvalue weighted by Crippen LogP contribution is 2.31. The van der Waals surface area contributed by atoms with Crippen molar-refractivity contribution in [2.45, 2.75) is 75.7 Å². The van der Waals surface area contributed by atoms with E-state index in [2.05, 4.69) is 5.32 Å². The van der Waals surface area contributed by atoms with E-state index in [9.17, 15) is 18.0 Å². The first kappa shape index (κ1) is 27.5. The molecular formula is C26H33NO8S. The van der Waals surface area contributed by atoms with Crippen molar-refractivity contribution in [3.8, 4) is 5.75 Å². The maximum Gasteiger partial charge on any atom is 0.408 e. The Morgan fingerprint density at radius 1 is 1.00 bits per heavy atom. The second kappa shape index (κ2) is 11.3. The van der Waals surface area contributed by atoms with Crippen LogP contribution in [0.3, 0.4) is 0 Å². The molecule has 0 aromatic heterocycles. The standard InChI is InChI=1S/C26H33NO8S/c1-17-6-12-22(13-7-17)36(30,31)35-21-15-20(16-21)33-19-10-8-18(9-11-19)14-23(24(28)32-5)27-25(29)34-26(2,3)4/h6-13,20-21,23H,14-16H2,1-5H3,(H,27,29)/t20-,21+,23-/m0/s1. The number of hydrogen-bond acceptors (Lipinski definition) is 8. The van der Waals surface area contributed by atoms with Gasteiger partial charge in [0.05, 0.1) is 18.1 Å². The molecule has 2 aromatic carbocycles. The third-order valence-corrected chi connectivity index (χ3v) is 6.84. The van der Waals surface area contributed by atoms with Gasteiger partial charge in [-0.05, 0) is 57.5 Å². The number of carbonyl (C=O) groups excluding carboxylic acids is 2. The summed E-state index contributed by atoms with van der Waals surface area (Å²) in [6.45, 7) is 7.09. The van der Waals surface area contributed by atoms with E-state index in [-0.39, 0.29) is 17.4 Å². The highest BCUT2D eigenvalue weighted by molar-refractivity contribution is 7.86. The molecular weight excluding hydrogens is 486 g/mol. The van der Waals surface area contributed by atoms with Crippen molar-refractivity contribution < 1.29 is 36.4 Å². The molecule has 0 spiro atoms. The molecule has 1 aliphatic rings. The first-order chi connectivity index (χ1) is 16.8. The molecule has 2 aromatic rings. The van der Waals surface area contributed by atoms with Gasteiger partial charge in [0.25, 0.3) is 10.1 Å². The van der Waals surface area contributed by atoms with Crippen LogP contribution in [0.1, 0.15) is 44.7 Å². The Morgan fingerprint density at radius 2 is 1.61 bits per heavy atom. The van der Waals surface area contributed by atoms with Crippen LogP contribution in [0.2, 0.25) is 0 Å². The molecule has 0 bridgehead atoms. The molecule has 0 unspecified atom stereocenters. The second-order valence-corrected chi connectivity index (χ2v) is 11.3. The van der Waals surface area contributed by atoms with Crippen molar-refractivity contribution in [2.75, 3.05) is 7.11 Å². The van der Waals surface area contributed by atoms with Crippen LogP contribution in [0.25, 0.3) is 0 Å². The van der Waals surface area contributed by atoms with Crippen LogP contribution >= 0.6 is 0 Å². The Morgan fingerprint density at radius 3 is 2.17 bits per heavy atom. The van der Waals surface area contributed by atoms with Gasteiger partial charge in [-0.3, -0.25) is 4.18 Å². The zero-order valence-electron chi connectivity index (χ0n) is 21.1. The Kier molecular flexibility index (Phi) is 8.63. The first-order valence-electron chi connectivity index (χ1n) is 11.7. The number of amides is 1. The molecule has 1 N–H and O–H groups in total. The first-order valence-corrected chi connectivity index (χ1v) is 13.1. The summed E-state index contributed by atoms with van der Waals surface area (Å²) in [5.74, 6) is 0.0283. The molecule has 10 heteroatoms. The molecule has 0 aliphatic heterocycles. The van der Waals surface area contributed by atoms with Crippen molar-refractivity contribution in [2.24, 2.45) is 0 Å². The molecule has 196 valence electrons. The highest BCUT2D eigenvalue weighted by Gasteiger charge is 2.36. The summed E-state index contributed by atoms with van der Waals surface area (Å²) in [5.41, 5.74) is 1.06. The summed E-state index contributed by atoms with van der Waals surface area (Å²) in [6, 6.07) is 12.7. The number of esters is 1. The van der Waals surface area contributed by atoms with Gasteiger partial charge >= 0.3 is 12.1 Å². The molecule has 1 amide bonds. The lowest BCUT2D eigenvalue weighted by molar-refractivity contribution is -0.143. The van der Waals surface area contributed by atoms with Crippen LogP contribution in [0, 0.1) is 6.92 Å². The van der Waals surface area contributed by atoms with Crippen LogP contribution in [-0.4, -0.2) is 51.4 Å². The largest absolute Gasteiger partial charge is 0.490 e. The summed E-state index contributed by atoms with van der Waals surface area (Å²) >= 11 is 0. The highest BCUT2D eigenvalue weighted by atomic mass is 32.2. The quantitative estimate of drug-likeness (QED) is 0.391. The van der Waals surface area contributed by atoms with E-state index in [4.69, 9.17) is 18.4 Å². The second-order valence-electron chi connectivity index (χ2n) is 9.77. The van der Waals surface area contributed by atoms with Crippen molar-refractivity contribution in [3.63, 3.8) is 0 Å². The fourth-order valence-corrected chi connectivity index (χ4v) is 4.65. The number of alkyl carbamates (subject to hydrolysis) is 1. The summed E-state index contributed by atoms with van der Waals surface area (Å²) < 4.78 is 46.1. The topological polar surface area (TPSA) is 117 Å². The number of ether oxygens (including phenoxy) is 3. The van der Waals surface area contributed by atoms with Crippen molar-refractivity contribution >= 4 is 22.2 Å². The van der Waals surface area contributed by atoms with Gasteiger partial charge in [-0.2, -0.15) is 8.42 Å². The number of methoxy groups -OCH3 is 1. The molecule has 1 atom stereocenters. The van der Waals surface area contributed by atoms with Crippen LogP contribution in [-0.2, 0) is 35.0 Å². The molecule has 9 nitrogen and oxygen atoms in total. The Bertz CT molecular complexity index is 1150. The SMILES string of the molecule is COC(=O)[C@H](Cc1ccc(O[C@H]2C[C@@H](OS(=O)(=O)c3ccc(C)cc3)C2)cc1)NC(=O)OC(C)(C)C. The van der Waals surface area contributed by atoms with Crippen LogP contribution < -0.4 is 10.1 Å². The minimum atomic E-state index is -3.81. The van der Waals surface area contributed by atoms with Crippen LogP contribution in [0.15, 0.2) is 53.4 Å². The average Bonchev–Trinajstić information content (AvgIpc) is 2.76. The number of aryl methyl sites for hydroxylation is 1. The maximum atomic E-state index is 12.4. The van der Waals surface area contributed by atoms with E-state index in [1.165, 1.54) is 19.2 Å². The summed E-state index contributed by atoms with van der Waals surface area (Å²) in [5, 5.41) is 2.55. The van der Waals surface area contributed by atoms with Gasteiger partial charge in [-0.15, -0.1) is 0 Å². The van der Waals surface area contributed by atoms with Gasteiger partial charge < -0.3 is 19.5 Å². The molecule has 3 rings (SSSR count). The fourth-order valence-electron chi connectivity index (χ4n) is 3.55. The molecule has 0 saturated heterocycles. The number of hydrogen-bond donors (Lipinski definition) is 1. The van der Waals surface area contributed by atoms with Crippen molar-refractivity contribution in [1.29, 1.82) is 0 Å². The van der Waals surface area contributed by atoms with Crippen LogP contribution in [0.5, 0.6) is 5.75 Å². The van der Waals surface area contributed by atoms with E-state index in [0.717, 1.165) is 11.1 Å². The number of nitrogens with one attached hydrogen (secondary N) is 1. The third-order valence-electron chi connectivity index (χ3n) is 5.47. The minimum Gasteiger partial charge on any atom is -0.490 e. The molecule has 0 radical (unpaired) electrons. The Balaban J connectivity index is 1.50. The van der Waals surface area contributed by atoms with Gasteiger partial charge in [-0.25, -0.2) is 9.59 Å². The predicted octanol–water partition coefficient (Wildman–Crippen LogP) is 3.92. The minimum absolute atomic E-state index is 0.138. The Labute approximate surface area is 212 Å². The summed E-state index contributed by atoms with van der Waals surface area (Å²) in [4.78, 5) is 24.4. The molecule has 0 heterocycles. The molecule has 1 saturated carbocycles. The third kappa shape index (κ3) is 7.96. The van der Waals surface area contributed by atoms with Crippen molar-refractivity contribution in [1.82, 2.24) is 5.32 Å². The maximum absolute atomic E-state index is 12.4. The fraction of sp³-hybridized carbons (Fsp3) is 0.462. The zero-order chi connectivity index (χ0) is 26.5. The molecule has 36 heavy (non-hydrogen) atoms. The lowest BCUT2D eigenvalue weighted by Crippen LogP contribution is -2.45. The van der Waals surface area contributed by atoms with Crippen molar-refractivity contribution in [3.05, 3.63) is 59.7 Å². The van der Waals surface area contributed by atoms with E-state index in [1.54, 1.807) is 57.2 Å². The number of rotatable bonds is 9. The lowest BCUT2D eigenvalue weighted by atomic mass is 9.92. The van der Waals surface area contributed by atoms with Gasteiger partial charge in [-0.1, -0.05) is 29.8 Å². The zero-order valence-corrected chi connectivity index (χ0v) is 22.0. The van der Waals surface area contributed by atoms with Gasteiger partial charge in [0.15, 0.2) is 0 Å². The van der Waals surface area contributed by atoms with Gasteiger partial charge in [0.2, 0.25) is 0 Å². The van der Waals surface area contributed by atoms with E-state index >= 15 is 0 Å². The predicted molar refractivity (Wildman–Crippen MR) is 132 cm³/mol. The van der Waals surface area contributed by atoms with Crippen LogP contribution in [0.4, 0.5) is 4.79 Å². The van der Waals surface area contributed by atoms with Gasteiger partial charge in [0, 0.05) is 19.3 Å². The number of carbonyl (C=O) groups is 2. The lowest BCUT2D eigenvalue weighted by Gasteiger charge is -2.34. The average molecular weight is 520 g/mol. The number of benzene rings is 2. The van der Waals surface area contributed by atoms with E-state index < -0.39 is 39.9 Å². The Hall–Kier alpha value is -3.11. The van der Waals surface area contributed by atoms with E-state index in [0.29, 0.717) is 18.6 Å². The summed E-state index contributed by atoms with van der Waals surface area (Å²) in [7, 11) is -2.56. The smallest absolute Gasteiger partial charge is 0.408 e. The molecule has 1 fully saturated rings. The normalized spacial score (nSPS) is 18.5. The van der Waals surface area contributed by atoms with Gasteiger partial charge in [0.1, 0.15) is 23.5 Å². The summed E-state index contributed by atoms with van der Waals surface area (Å²) in [6.07, 6.45) is -0.175. The molecule has 1 aliphatic carbocycles.